The fraction of sp³-hybridized carbons (Fsp3) is 0.600. The maximum atomic E-state index is 6.02. The minimum Gasteiger partial charge on any atom is -0.371 e. The molecule has 3 rings (SSSR count). The molecule has 3 nitrogen and oxygen atoms in total. The molecule has 2 aliphatic rings. The van der Waals surface area contributed by atoms with Crippen molar-refractivity contribution in [3.8, 4) is 0 Å². The van der Waals surface area contributed by atoms with E-state index in [1.54, 1.807) is 0 Å². The molecule has 0 aromatic heterocycles. The lowest BCUT2D eigenvalue weighted by atomic mass is 9.91. The number of nitrogens with zero attached hydrogens (tertiary/aromatic N) is 2. The molecule has 98 valence electrons. The molecule has 0 bridgehead atoms. The number of rotatable bonds is 2. The van der Waals surface area contributed by atoms with Crippen LogP contribution in [-0.4, -0.2) is 38.1 Å². The van der Waals surface area contributed by atoms with Gasteiger partial charge in [0.05, 0.1) is 0 Å². The Hall–Kier alpha value is -1.06. The molecule has 0 spiro atoms. The molecule has 0 saturated carbocycles. The largest absolute Gasteiger partial charge is 0.371 e. The van der Waals surface area contributed by atoms with Gasteiger partial charge in [0.1, 0.15) is 0 Å². The van der Waals surface area contributed by atoms with Crippen molar-refractivity contribution in [3.05, 3.63) is 29.3 Å². The Morgan fingerprint density at radius 3 is 2.72 bits per heavy atom. The number of fused-ring (bicyclic) bond motifs is 1. The third kappa shape index (κ3) is 1.91. The zero-order valence-electron chi connectivity index (χ0n) is 11.2. The Bertz CT molecular complexity index is 424. The summed E-state index contributed by atoms with van der Waals surface area (Å²) in [4.78, 5) is 4.95. The van der Waals surface area contributed by atoms with Crippen LogP contribution < -0.4 is 10.6 Å². The lowest BCUT2D eigenvalue weighted by Gasteiger charge is -2.37. The number of hydrogen-bond donors (Lipinski definition) is 1. The maximum Gasteiger partial charge on any atom is 0.0490 e. The number of hydrogen-bond acceptors (Lipinski definition) is 3. The van der Waals surface area contributed by atoms with Gasteiger partial charge < -0.3 is 10.6 Å². The lowest BCUT2D eigenvalue weighted by Crippen LogP contribution is -2.38. The zero-order chi connectivity index (χ0) is 12.5. The predicted molar refractivity (Wildman–Crippen MR) is 76.0 cm³/mol. The highest BCUT2D eigenvalue weighted by molar-refractivity contribution is 5.59. The fourth-order valence-electron chi connectivity index (χ4n) is 3.41. The molecule has 0 radical (unpaired) electrons. The summed E-state index contributed by atoms with van der Waals surface area (Å²) in [6.07, 6.45) is 3.81. The van der Waals surface area contributed by atoms with Crippen LogP contribution in [-0.2, 0) is 6.42 Å². The van der Waals surface area contributed by atoms with Crippen molar-refractivity contribution in [2.24, 2.45) is 5.73 Å². The van der Waals surface area contributed by atoms with E-state index in [0.29, 0.717) is 12.6 Å². The lowest BCUT2D eigenvalue weighted by molar-refractivity contribution is 0.237. The first kappa shape index (κ1) is 12.0. The Labute approximate surface area is 110 Å². The third-order valence-corrected chi connectivity index (χ3v) is 4.44. The molecule has 1 unspecified atom stereocenters. The van der Waals surface area contributed by atoms with Crippen molar-refractivity contribution in [3.63, 3.8) is 0 Å². The summed E-state index contributed by atoms with van der Waals surface area (Å²) in [5.74, 6) is 0. The van der Waals surface area contributed by atoms with Gasteiger partial charge in [-0.1, -0.05) is 12.1 Å². The van der Waals surface area contributed by atoms with Crippen LogP contribution in [0.15, 0.2) is 18.2 Å². The van der Waals surface area contributed by atoms with E-state index in [9.17, 15) is 0 Å². The van der Waals surface area contributed by atoms with E-state index in [4.69, 9.17) is 5.73 Å². The van der Waals surface area contributed by atoms with Gasteiger partial charge in [0, 0.05) is 37.9 Å². The van der Waals surface area contributed by atoms with E-state index in [1.807, 2.05) is 0 Å². The summed E-state index contributed by atoms with van der Waals surface area (Å²) in [6, 6.07) is 7.17. The Balaban J connectivity index is 2.04. The van der Waals surface area contributed by atoms with Gasteiger partial charge in [-0.25, -0.2) is 0 Å². The summed E-state index contributed by atoms with van der Waals surface area (Å²) in [6.45, 7) is 4.25. The first-order valence-corrected chi connectivity index (χ1v) is 7.08. The number of nitrogens with two attached hydrogens (primary N) is 1. The highest BCUT2D eigenvalue weighted by atomic mass is 15.2. The molecule has 18 heavy (non-hydrogen) atoms. The molecule has 1 aromatic carbocycles. The molecular weight excluding hydrogens is 222 g/mol. The second-order valence-corrected chi connectivity index (χ2v) is 5.53. The quantitative estimate of drug-likeness (QED) is 0.862. The van der Waals surface area contributed by atoms with E-state index in [-0.39, 0.29) is 0 Å². The van der Waals surface area contributed by atoms with Crippen LogP contribution in [0.2, 0.25) is 0 Å². The van der Waals surface area contributed by atoms with E-state index in [0.717, 1.165) is 13.0 Å². The maximum absolute atomic E-state index is 6.02. The van der Waals surface area contributed by atoms with E-state index >= 15 is 0 Å². The normalized spacial score (nSPS) is 24.3. The Kier molecular flexibility index (Phi) is 3.27. The molecule has 0 amide bonds. The molecule has 2 heterocycles. The highest BCUT2D eigenvalue weighted by Gasteiger charge is 2.28. The van der Waals surface area contributed by atoms with Gasteiger partial charge in [-0.05, 0) is 43.5 Å². The van der Waals surface area contributed by atoms with E-state index < -0.39 is 0 Å². The smallest absolute Gasteiger partial charge is 0.0490 e. The van der Waals surface area contributed by atoms with Crippen LogP contribution in [0.4, 0.5) is 5.69 Å². The van der Waals surface area contributed by atoms with Crippen molar-refractivity contribution in [1.29, 1.82) is 0 Å². The SMILES string of the molecule is CN1CCc2cccc(N3CCCC3)c2C1CN. The molecule has 2 N–H and O–H groups in total. The molecule has 1 fully saturated rings. The van der Waals surface area contributed by atoms with Crippen LogP contribution in [0.1, 0.15) is 30.0 Å². The van der Waals surface area contributed by atoms with E-state index in [1.165, 1.54) is 42.7 Å². The van der Waals surface area contributed by atoms with Gasteiger partial charge in [-0.2, -0.15) is 0 Å². The molecule has 1 aromatic rings. The average molecular weight is 245 g/mol. The van der Waals surface area contributed by atoms with Gasteiger partial charge in [-0.3, -0.25) is 4.90 Å². The second-order valence-electron chi connectivity index (χ2n) is 5.53. The van der Waals surface area contributed by atoms with Crippen LogP contribution in [0, 0.1) is 0 Å². The van der Waals surface area contributed by atoms with Crippen molar-refractivity contribution in [1.82, 2.24) is 4.90 Å². The van der Waals surface area contributed by atoms with Gasteiger partial charge in [0.2, 0.25) is 0 Å². The minimum absolute atomic E-state index is 0.394. The van der Waals surface area contributed by atoms with E-state index in [2.05, 4.69) is 35.0 Å². The number of anilines is 1. The van der Waals surface area contributed by atoms with Crippen LogP contribution >= 0.6 is 0 Å². The van der Waals surface area contributed by atoms with Gasteiger partial charge in [0.25, 0.3) is 0 Å². The summed E-state index contributed by atoms with van der Waals surface area (Å²) in [5.41, 5.74) is 10.5. The van der Waals surface area contributed by atoms with Crippen molar-refractivity contribution < 1.29 is 0 Å². The summed E-state index contributed by atoms with van der Waals surface area (Å²) in [5, 5.41) is 0. The van der Waals surface area contributed by atoms with Crippen LogP contribution in [0.5, 0.6) is 0 Å². The average Bonchev–Trinajstić information content (AvgIpc) is 2.92. The Morgan fingerprint density at radius 1 is 1.22 bits per heavy atom. The van der Waals surface area contributed by atoms with Crippen LogP contribution in [0.25, 0.3) is 0 Å². The van der Waals surface area contributed by atoms with Crippen molar-refractivity contribution in [2.45, 2.75) is 25.3 Å². The minimum atomic E-state index is 0.394. The van der Waals surface area contributed by atoms with Gasteiger partial charge >= 0.3 is 0 Å². The standard InChI is InChI=1S/C15H23N3/c1-17-10-7-12-5-4-6-13(15(12)14(17)11-16)18-8-2-3-9-18/h4-6,14H,2-3,7-11,16H2,1H3. The summed E-state index contributed by atoms with van der Waals surface area (Å²) in [7, 11) is 2.20. The van der Waals surface area contributed by atoms with Crippen LogP contribution in [0.3, 0.4) is 0 Å². The summed E-state index contributed by atoms with van der Waals surface area (Å²) < 4.78 is 0. The molecular formula is C15H23N3. The Morgan fingerprint density at radius 2 is 2.00 bits per heavy atom. The molecule has 1 saturated heterocycles. The molecule has 1 atom stereocenters. The zero-order valence-corrected chi connectivity index (χ0v) is 11.2. The van der Waals surface area contributed by atoms with Gasteiger partial charge in [-0.15, -0.1) is 0 Å². The number of benzene rings is 1. The first-order chi connectivity index (χ1) is 8.81. The monoisotopic (exact) mass is 245 g/mol. The summed E-state index contributed by atoms with van der Waals surface area (Å²) >= 11 is 0. The fourth-order valence-corrected chi connectivity index (χ4v) is 3.41. The molecule has 2 aliphatic heterocycles. The molecule has 0 aliphatic carbocycles. The first-order valence-electron chi connectivity index (χ1n) is 7.08. The van der Waals surface area contributed by atoms with Gasteiger partial charge in [0.15, 0.2) is 0 Å². The number of likely N-dealkylation sites (N-methyl/N-ethyl adjacent to an activating group) is 1. The second kappa shape index (κ2) is 4.90. The third-order valence-electron chi connectivity index (χ3n) is 4.44. The molecule has 3 heteroatoms. The highest BCUT2D eigenvalue weighted by Crippen LogP contribution is 2.36. The van der Waals surface area contributed by atoms with Crippen molar-refractivity contribution >= 4 is 5.69 Å². The topological polar surface area (TPSA) is 32.5 Å². The predicted octanol–water partition coefficient (Wildman–Crippen LogP) is 1.77. The van der Waals surface area contributed by atoms with Crippen molar-refractivity contribution in [2.75, 3.05) is 38.1 Å².